The molecule has 13 heteroatoms. The summed E-state index contributed by atoms with van der Waals surface area (Å²) in [5, 5.41) is 9.53. The number of imidazole rings is 1. The Kier molecular flexibility index (Phi) is 9.30. The van der Waals surface area contributed by atoms with Crippen molar-refractivity contribution in [1.29, 1.82) is 0 Å². The zero-order valence-electron chi connectivity index (χ0n) is 28.6. The van der Waals surface area contributed by atoms with Gasteiger partial charge in [0.1, 0.15) is 17.2 Å². The molecule has 5 heterocycles. The highest BCUT2D eigenvalue weighted by atomic mass is 16.6. The summed E-state index contributed by atoms with van der Waals surface area (Å²) in [4.78, 5) is 31.7. The van der Waals surface area contributed by atoms with Gasteiger partial charge in [0.2, 0.25) is 5.95 Å². The lowest BCUT2D eigenvalue weighted by Gasteiger charge is -2.27. The van der Waals surface area contributed by atoms with E-state index in [9.17, 15) is 4.79 Å². The molecule has 3 aromatic heterocycles. The number of carbonyl (C=O) groups is 1. The Bertz CT molecular complexity index is 1920. The van der Waals surface area contributed by atoms with E-state index >= 15 is 0 Å². The number of aromatic nitrogens is 6. The van der Waals surface area contributed by atoms with Gasteiger partial charge < -0.3 is 24.4 Å². The second kappa shape index (κ2) is 13.9. The molecule has 2 saturated heterocycles. The second-order valence-electron chi connectivity index (χ2n) is 13.3. The Hall–Kier alpha value is -4.85. The van der Waals surface area contributed by atoms with Crippen LogP contribution in [0.3, 0.4) is 0 Å². The van der Waals surface area contributed by atoms with Gasteiger partial charge in [-0.25, -0.2) is 19.3 Å². The molecular weight excluding hydrogens is 622 g/mol. The highest BCUT2D eigenvalue weighted by Crippen LogP contribution is 2.30. The first-order valence-electron chi connectivity index (χ1n) is 16.8. The Morgan fingerprint density at radius 2 is 1.63 bits per heavy atom. The fourth-order valence-electron chi connectivity index (χ4n) is 6.14. The van der Waals surface area contributed by atoms with E-state index in [4.69, 9.17) is 29.3 Å². The third-order valence-corrected chi connectivity index (χ3v) is 8.65. The van der Waals surface area contributed by atoms with Crippen molar-refractivity contribution in [3.05, 3.63) is 66.6 Å². The number of ether oxygens (including phenoxy) is 3. The Morgan fingerprint density at radius 3 is 2.37 bits per heavy atom. The number of aryl methyl sites for hydroxylation is 1. The van der Waals surface area contributed by atoms with E-state index < -0.39 is 11.7 Å². The Morgan fingerprint density at radius 1 is 0.918 bits per heavy atom. The van der Waals surface area contributed by atoms with Crippen molar-refractivity contribution in [2.75, 3.05) is 69.4 Å². The third-order valence-electron chi connectivity index (χ3n) is 8.65. The van der Waals surface area contributed by atoms with Crippen LogP contribution in [0.5, 0.6) is 0 Å². The van der Waals surface area contributed by atoms with E-state index in [0.29, 0.717) is 30.8 Å². The first-order chi connectivity index (χ1) is 23.7. The topological polar surface area (TPSA) is 125 Å². The van der Waals surface area contributed by atoms with E-state index in [-0.39, 0.29) is 0 Å². The van der Waals surface area contributed by atoms with Crippen molar-refractivity contribution in [1.82, 2.24) is 34.2 Å². The van der Waals surface area contributed by atoms with Crippen molar-refractivity contribution >= 4 is 34.4 Å². The average Bonchev–Trinajstić information content (AvgIpc) is 3.72. The van der Waals surface area contributed by atoms with Crippen LogP contribution in [0.4, 0.5) is 22.2 Å². The van der Waals surface area contributed by atoms with Crippen LogP contribution >= 0.6 is 0 Å². The fourth-order valence-corrected chi connectivity index (χ4v) is 6.14. The van der Waals surface area contributed by atoms with E-state index in [2.05, 4.69) is 38.3 Å². The zero-order valence-corrected chi connectivity index (χ0v) is 28.6. The lowest BCUT2D eigenvalue weighted by molar-refractivity contribution is 0.0383. The molecule has 0 bridgehead atoms. The standard InChI is InChI=1S/C36H43N9O4/c1-36(2,3)49-35(46)45-14-12-37-33(45)25-5-8-27(9-6-25)38-32-24-30(39-34(40-32)44-17-21-48-22-18-44)26-7-10-28-29(41-42(4)31(28)23-26)11-13-43-15-19-47-20-16-43/h5-10,12,14,23-24H,11,13,15-22H2,1-4H3,(H,38,39,40). The Labute approximate surface area is 285 Å². The normalized spacial score (nSPS) is 15.9. The van der Waals surface area contributed by atoms with Crippen LogP contribution in [-0.2, 0) is 27.7 Å². The van der Waals surface area contributed by atoms with Gasteiger partial charge in [0, 0.05) is 86.9 Å². The van der Waals surface area contributed by atoms with Crippen molar-refractivity contribution < 1.29 is 19.0 Å². The minimum Gasteiger partial charge on any atom is -0.443 e. The van der Waals surface area contributed by atoms with Crippen molar-refractivity contribution in [3.63, 3.8) is 0 Å². The highest BCUT2D eigenvalue weighted by molar-refractivity contribution is 5.87. The number of morpholine rings is 2. The summed E-state index contributed by atoms with van der Waals surface area (Å²) in [6, 6.07) is 16.2. The van der Waals surface area contributed by atoms with Crippen molar-refractivity contribution in [2.24, 2.45) is 7.05 Å². The van der Waals surface area contributed by atoms with Gasteiger partial charge in [0.15, 0.2) is 0 Å². The number of hydrogen-bond donors (Lipinski definition) is 1. The van der Waals surface area contributed by atoms with Gasteiger partial charge in [-0.05, 0) is 51.1 Å². The summed E-state index contributed by atoms with van der Waals surface area (Å²) < 4.78 is 20.1. The van der Waals surface area contributed by atoms with Crippen molar-refractivity contribution in [3.8, 4) is 22.6 Å². The molecule has 0 amide bonds. The average molecular weight is 666 g/mol. The molecule has 5 aromatic rings. The van der Waals surface area contributed by atoms with Gasteiger partial charge in [0.05, 0.1) is 43.3 Å². The molecule has 2 fully saturated rings. The predicted octanol–water partition coefficient (Wildman–Crippen LogP) is 5.13. The smallest absolute Gasteiger partial charge is 0.420 e. The first kappa shape index (κ1) is 32.7. The summed E-state index contributed by atoms with van der Waals surface area (Å²) in [7, 11) is 2.00. The maximum Gasteiger partial charge on any atom is 0.420 e. The number of nitrogens with zero attached hydrogens (tertiary/aromatic N) is 8. The van der Waals surface area contributed by atoms with E-state index in [1.165, 1.54) is 4.57 Å². The minimum atomic E-state index is -0.613. The van der Waals surface area contributed by atoms with Gasteiger partial charge in [-0.3, -0.25) is 9.58 Å². The van der Waals surface area contributed by atoms with Crippen LogP contribution in [0.1, 0.15) is 26.5 Å². The monoisotopic (exact) mass is 665 g/mol. The minimum absolute atomic E-state index is 0.472. The van der Waals surface area contributed by atoms with Crippen molar-refractivity contribution in [2.45, 2.75) is 32.8 Å². The van der Waals surface area contributed by atoms with Crippen LogP contribution in [0.2, 0.25) is 0 Å². The van der Waals surface area contributed by atoms with E-state index in [0.717, 1.165) is 91.5 Å². The predicted molar refractivity (Wildman–Crippen MR) is 188 cm³/mol. The molecule has 256 valence electrons. The van der Waals surface area contributed by atoms with Crippen LogP contribution in [0, 0.1) is 0 Å². The van der Waals surface area contributed by atoms with E-state index in [1.807, 2.05) is 62.8 Å². The molecule has 2 aromatic carbocycles. The molecule has 2 aliphatic heterocycles. The SMILES string of the molecule is Cn1nc(CCN2CCOCC2)c2ccc(-c3cc(Nc4ccc(-c5nccn5C(=O)OC(C)(C)C)cc4)nc(N4CCOCC4)n3)cc21. The van der Waals surface area contributed by atoms with Crippen LogP contribution in [0.15, 0.2) is 60.9 Å². The summed E-state index contributed by atoms with van der Waals surface area (Å²) in [5.41, 5.74) is 4.98. The van der Waals surface area contributed by atoms with E-state index in [1.54, 1.807) is 12.4 Å². The second-order valence-corrected chi connectivity index (χ2v) is 13.3. The lowest BCUT2D eigenvalue weighted by Crippen LogP contribution is -2.37. The summed E-state index contributed by atoms with van der Waals surface area (Å²) in [5.74, 6) is 1.83. The summed E-state index contributed by atoms with van der Waals surface area (Å²) in [6.07, 6.45) is 3.62. The van der Waals surface area contributed by atoms with Gasteiger partial charge in [-0.15, -0.1) is 0 Å². The molecule has 49 heavy (non-hydrogen) atoms. The fraction of sp³-hybridized carbons (Fsp3) is 0.417. The molecule has 1 N–H and O–H groups in total. The molecule has 0 unspecified atom stereocenters. The van der Waals surface area contributed by atoms with Gasteiger partial charge in [-0.1, -0.05) is 12.1 Å². The molecule has 0 atom stereocenters. The van der Waals surface area contributed by atoms with Gasteiger partial charge in [0.25, 0.3) is 0 Å². The highest BCUT2D eigenvalue weighted by Gasteiger charge is 2.22. The zero-order chi connectivity index (χ0) is 34.0. The summed E-state index contributed by atoms with van der Waals surface area (Å²) in [6.45, 7) is 12.7. The molecule has 7 rings (SSSR count). The maximum absolute atomic E-state index is 12.8. The number of benzene rings is 2. The molecule has 2 aliphatic rings. The molecule has 0 radical (unpaired) electrons. The Balaban J connectivity index is 1.15. The van der Waals surface area contributed by atoms with Gasteiger partial charge >= 0.3 is 6.09 Å². The summed E-state index contributed by atoms with van der Waals surface area (Å²) >= 11 is 0. The van der Waals surface area contributed by atoms with Crippen LogP contribution in [-0.4, -0.2) is 105 Å². The molecule has 0 saturated carbocycles. The number of carbonyl (C=O) groups excluding carboxylic acids is 1. The largest absolute Gasteiger partial charge is 0.443 e. The van der Waals surface area contributed by atoms with Crippen LogP contribution < -0.4 is 10.2 Å². The molecular formula is C36H43N9O4. The number of anilines is 3. The maximum atomic E-state index is 12.8. The van der Waals surface area contributed by atoms with Gasteiger partial charge in [-0.2, -0.15) is 10.1 Å². The lowest BCUT2D eigenvalue weighted by atomic mass is 10.1. The number of fused-ring (bicyclic) bond motifs is 1. The van der Waals surface area contributed by atoms with Crippen LogP contribution in [0.25, 0.3) is 33.5 Å². The third kappa shape index (κ3) is 7.58. The number of nitrogens with one attached hydrogen (secondary N) is 1. The number of hydrogen-bond acceptors (Lipinski definition) is 11. The number of rotatable bonds is 8. The molecule has 0 spiro atoms. The quantitative estimate of drug-likeness (QED) is 0.237. The first-order valence-corrected chi connectivity index (χ1v) is 16.8. The molecule has 0 aliphatic carbocycles. The molecule has 13 nitrogen and oxygen atoms in total.